The molecule has 1 aliphatic heterocycles. The van der Waals surface area contributed by atoms with Crippen molar-refractivity contribution in [1.82, 2.24) is 9.97 Å². The Morgan fingerprint density at radius 2 is 2.04 bits per heavy atom. The van der Waals surface area contributed by atoms with Gasteiger partial charge in [-0.3, -0.25) is 0 Å². The van der Waals surface area contributed by atoms with Crippen LogP contribution in [0.1, 0.15) is 31.4 Å². The van der Waals surface area contributed by atoms with Gasteiger partial charge < -0.3 is 9.47 Å². The van der Waals surface area contributed by atoms with Crippen LogP contribution in [0.3, 0.4) is 0 Å². The number of ether oxygens (including phenoxy) is 2. The Morgan fingerprint density at radius 3 is 2.85 bits per heavy atom. The quantitative estimate of drug-likeness (QED) is 0.746. The minimum absolute atomic E-state index is 0.00792. The third-order valence-corrected chi connectivity index (χ3v) is 3.88. The van der Waals surface area contributed by atoms with Crippen LogP contribution in [0.5, 0.6) is 6.01 Å². The SMILES string of the molecule is CC(Oc1ncc(F)c(/N=C/C2=CCCOCC2)n1)c1ccc(F)cc1. The Labute approximate surface area is 150 Å². The van der Waals surface area contributed by atoms with E-state index in [-0.39, 0.29) is 17.6 Å². The van der Waals surface area contributed by atoms with Crippen molar-refractivity contribution >= 4 is 12.0 Å². The van der Waals surface area contributed by atoms with Crippen molar-refractivity contribution in [2.45, 2.75) is 25.9 Å². The van der Waals surface area contributed by atoms with Crippen LogP contribution in [-0.2, 0) is 4.74 Å². The highest BCUT2D eigenvalue weighted by Gasteiger charge is 2.12. The van der Waals surface area contributed by atoms with Gasteiger partial charge in [0.15, 0.2) is 11.6 Å². The van der Waals surface area contributed by atoms with Crippen LogP contribution in [0.2, 0.25) is 0 Å². The fourth-order valence-electron chi connectivity index (χ4n) is 2.43. The lowest BCUT2D eigenvalue weighted by atomic mass is 10.1. The molecule has 7 heteroatoms. The van der Waals surface area contributed by atoms with Crippen molar-refractivity contribution in [2.24, 2.45) is 4.99 Å². The largest absolute Gasteiger partial charge is 0.456 e. The summed E-state index contributed by atoms with van der Waals surface area (Å²) in [5.41, 5.74) is 1.73. The molecule has 1 unspecified atom stereocenters. The number of aliphatic imine (C=N–C) groups is 1. The molecule has 0 amide bonds. The highest BCUT2D eigenvalue weighted by molar-refractivity contribution is 5.80. The van der Waals surface area contributed by atoms with Crippen LogP contribution in [0.15, 0.2) is 47.1 Å². The van der Waals surface area contributed by atoms with Gasteiger partial charge in [0.25, 0.3) is 0 Å². The second-order valence-corrected chi connectivity index (χ2v) is 5.82. The zero-order valence-corrected chi connectivity index (χ0v) is 14.4. The minimum Gasteiger partial charge on any atom is -0.456 e. The lowest BCUT2D eigenvalue weighted by Crippen LogP contribution is -2.06. The van der Waals surface area contributed by atoms with Crippen LogP contribution in [0.4, 0.5) is 14.6 Å². The van der Waals surface area contributed by atoms with E-state index in [0.717, 1.165) is 30.2 Å². The minimum atomic E-state index is -0.631. The first-order valence-corrected chi connectivity index (χ1v) is 8.37. The average Bonchev–Trinajstić information content (AvgIpc) is 2.91. The topological polar surface area (TPSA) is 56.6 Å². The fourth-order valence-corrected chi connectivity index (χ4v) is 2.43. The normalized spacial score (nSPS) is 16.2. The van der Waals surface area contributed by atoms with Gasteiger partial charge in [-0.25, -0.2) is 18.8 Å². The lowest BCUT2D eigenvalue weighted by molar-refractivity contribution is 0.147. The molecular weight excluding hydrogens is 340 g/mol. The van der Waals surface area contributed by atoms with E-state index in [1.54, 1.807) is 25.3 Å². The molecule has 0 fully saturated rings. The predicted molar refractivity (Wildman–Crippen MR) is 93.7 cm³/mol. The second-order valence-electron chi connectivity index (χ2n) is 5.82. The molecule has 1 aliphatic rings. The third kappa shape index (κ3) is 4.92. The van der Waals surface area contributed by atoms with Crippen molar-refractivity contribution in [2.75, 3.05) is 13.2 Å². The molecule has 1 aromatic carbocycles. The summed E-state index contributed by atoms with van der Waals surface area (Å²) >= 11 is 0. The van der Waals surface area contributed by atoms with Crippen molar-refractivity contribution in [3.63, 3.8) is 0 Å². The molecule has 0 saturated heterocycles. The molecule has 26 heavy (non-hydrogen) atoms. The maximum atomic E-state index is 13.9. The summed E-state index contributed by atoms with van der Waals surface area (Å²) in [6, 6.07) is 5.93. The Morgan fingerprint density at radius 1 is 1.23 bits per heavy atom. The first kappa shape index (κ1) is 18.1. The molecule has 0 bridgehead atoms. The molecule has 136 valence electrons. The average molecular weight is 359 g/mol. The summed E-state index contributed by atoms with van der Waals surface area (Å²) in [5, 5.41) is 0. The molecule has 2 heterocycles. The van der Waals surface area contributed by atoms with Crippen LogP contribution < -0.4 is 4.74 Å². The Bertz CT molecular complexity index is 807. The zero-order valence-electron chi connectivity index (χ0n) is 14.4. The van der Waals surface area contributed by atoms with E-state index >= 15 is 0 Å². The van der Waals surface area contributed by atoms with E-state index in [2.05, 4.69) is 15.0 Å². The lowest BCUT2D eigenvalue weighted by Gasteiger charge is -2.13. The molecular formula is C19H19F2N3O2. The van der Waals surface area contributed by atoms with Gasteiger partial charge in [-0.2, -0.15) is 4.98 Å². The Kier molecular flexibility index (Phi) is 6.01. The summed E-state index contributed by atoms with van der Waals surface area (Å²) in [4.78, 5) is 12.0. The summed E-state index contributed by atoms with van der Waals surface area (Å²) in [7, 11) is 0. The van der Waals surface area contributed by atoms with Gasteiger partial charge in [-0.1, -0.05) is 18.2 Å². The maximum absolute atomic E-state index is 13.9. The Hall–Kier alpha value is -2.67. The van der Waals surface area contributed by atoms with E-state index in [4.69, 9.17) is 9.47 Å². The summed E-state index contributed by atoms with van der Waals surface area (Å²) in [6.07, 6.45) is 5.74. The summed E-state index contributed by atoms with van der Waals surface area (Å²) in [6.45, 7) is 3.07. The molecule has 5 nitrogen and oxygen atoms in total. The third-order valence-electron chi connectivity index (χ3n) is 3.88. The first-order chi connectivity index (χ1) is 12.6. The van der Waals surface area contributed by atoms with Gasteiger partial charge >= 0.3 is 6.01 Å². The van der Waals surface area contributed by atoms with Gasteiger partial charge in [0.1, 0.15) is 11.9 Å². The standard InChI is InChI=1S/C19H19F2N3O2/c1-13(15-4-6-16(20)7-5-15)26-19-23-12-17(21)18(24-19)22-11-14-3-2-9-25-10-8-14/h3-7,11-13H,2,8-10H2,1H3/b22-11+. The van der Waals surface area contributed by atoms with E-state index in [1.807, 2.05) is 6.08 Å². The van der Waals surface area contributed by atoms with Crippen LogP contribution >= 0.6 is 0 Å². The Balaban J connectivity index is 1.72. The second kappa shape index (κ2) is 8.62. The molecule has 0 saturated carbocycles. The molecule has 0 radical (unpaired) electrons. The highest BCUT2D eigenvalue weighted by atomic mass is 19.1. The maximum Gasteiger partial charge on any atom is 0.319 e. The van der Waals surface area contributed by atoms with Gasteiger partial charge in [0.2, 0.25) is 0 Å². The van der Waals surface area contributed by atoms with E-state index < -0.39 is 11.9 Å². The zero-order chi connectivity index (χ0) is 18.4. The smallest absolute Gasteiger partial charge is 0.319 e. The van der Waals surface area contributed by atoms with Gasteiger partial charge in [-0.15, -0.1) is 0 Å². The number of hydrogen-bond acceptors (Lipinski definition) is 5. The van der Waals surface area contributed by atoms with Crippen LogP contribution in [0, 0.1) is 11.6 Å². The van der Waals surface area contributed by atoms with Crippen molar-refractivity contribution < 1.29 is 18.3 Å². The summed E-state index contributed by atoms with van der Waals surface area (Å²) < 4.78 is 37.9. The number of halogens is 2. The van der Waals surface area contributed by atoms with Crippen molar-refractivity contribution in [3.05, 3.63) is 59.3 Å². The van der Waals surface area contributed by atoms with Crippen molar-refractivity contribution in [1.29, 1.82) is 0 Å². The van der Waals surface area contributed by atoms with Crippen molar-refractivity contribution in [3.8, 4) is 6.01 Å². The molecule has 2 aromatic rings. The monoisotopic (exact) mass is 359 g/mol. The summed E-state index contributed by atoms with van der Waals surface area (Å²) in [5.74, 6) is -1.05. The number of benzene rings is 1. The van der Waals surface area contributed by atoms with E-state index in [0.29, 0.717) is 13.2 Å². The van der Waals surface area contributed by atoms with Gasteiger partial charge in [0.05, 0.1) is 19.4 Å². The van der Waals surface area contributed by atoms with Crippen LogP contribution in [-0.4, -0.2) is 29.4 Å². The highest BCUT2D eigenvalue weighted by Crippen LogP contribution is 2.22. The van der Waals surface area contributed by atoms with E-state index in [9.17, 15) is 8.78 Å². The molecule has 1 atom stereocenters. The molecule has 1 aromatic heterocycles. The van der Waals surface area contributed by atoms with E-state index in [1.165, 1.54) is 12.1 Å². The van der Waals surface area contributed by atoms with Gasteiger partial charge in [0, 0.05) is 6.21 Å². The number of hydrogen-bond donors (Lipinski definition) is 0. The van der Waals surface area contributed by atoms with Crippen LogP contribution in [0.25, 0.3) is 0 Å². The molecule has 3 rings (SSSR count). The van der Waals surface area contributed by atoms with Gasteiger partial charge in [-0.05, 0) is 43.0 Å². The number of aromatic nitrogens is 2. The predicted octanol–water partition coefficient (Wildman–Crippen LogP) is 4.33. The molecule has 0 N–H and O–H groups in total. The number of rotatable bonds is 5. The first-order valence-electron chi connectivity index (χ1n) is 8.37. The number of nitrogens with zero attached hydrogens (tertiary/aromatic N) is 3. The molecule has 0 spiro atoms. The molecule has 0 aliphatic carbocycles. The fraction of sp³-hybridized carbons (Fsp3) is 0.316.